The summed E-state index contributed by atoms with van der Waals surface area (Å²) in [5.41, 5.74) is 1.83. The van der Waals surface area contributed by atoms with E-state index in [0.29, 0.717) is 5.02 Å². The maximum Gasteiger partial charge on any atom is 0.153 e. The third-order valence-corrected chi connectivity index (χ3v) is 4.94. The van der Waals surface area contributed by atoms with Gasteiger partial charge in [0.2, 0.25) is 0 Å². The number of fused-ring (bicyclic) bond motifs is 2. The van der Waals surface area contributed by atoms with E-state index in [1.165, 1.54) is 13.0 Å². The summed E-state index contributed by atoms with van der Waals surface area (Å²) < 4.78 is 6.13. The molecular formula is C20H22ClN3O. The van der Waals surface area contributed by atoms with Gasteiger partial charge in [-0.15, -0.1) is 0 Å². The molecule has 4 nitrogen and oxygen atoms in total. The van der Waals surface area contributed by atoms with E-state index < -0.39 is 0 Å². The highest BCUT2D eigenvalue weighted by atomic mass is 35.5. The molecule has 2 aromatic rings. The molecule has 25 heavy (non-hydrogen) atoms. The number of aliphatic imine (C=N–C) groups is 1. The molecule has 4 rings (SSSR count). The Kier molecular flexibility index (Phi) is 4.64. The smallest absolute Gasteiger partial charge is 0.153 e. The van der Waals surface area contributed by atoms with Gasteiger partial charge < -0.3 is 9.64 Å². The number of piperazine rings is 1. The number of hydrogen-bond acceptors (Lipinski definition) is 4. The van der Waals surface area contributed by atoms with Crippen molar-refractivity contribution in [3.05, 3.63) is 53.1 Å². The Morgan fingerprint density at radius 3 is 2.64 bits per heavy atom. The van der Waals surface area contributed by atoms with Gasteiger partial charge in [-0.05, 0) is 43.3 Å². The number of nitrogens with zero attached hydrogens (tertiary/aromatic N) is 3. The summed E-state index contributed by atoms with van der Waals surface area (Å²) >= 11 is 6.18. The summed E-state index contributed by atoms with van der Waals surface area (Å²) in [5.74, 6) is 2.57. The van der Waals surface area contributed by atoms with Crippen molar-refractivity contribution in [3.63, 3.8) is 0 Å². The minimum absolute atomic E-state index is 0.671. The molecule has 1 saturated heterocycles. The molecule has 0 saturated carbocycles. The first-order chi connectivity index (χ1) is 12.2. The molecule has 0 aliphatic carbocycles. The summed E-state index contributed by atoms with van der Waals surface area (Å²) in [6.07, 6.45) is 1.20. The van der Waals surface area contributed by atoms with Gasteiger partial charge in [-0.1, -0.05) is 30.7 Å². The van der Waals surface area contributed by atoms with Crippen molar-refractivity contribution in [2.24, 2.45) is 4.99 Å². The molecule has 130 valence electrons. The second-order valence-electron chi connectivity index (χ2n) is 6.47. The largest absolute Gasteiger partial charge is 0.454 e. The van der Waals surface area contributed by atoms with Crippen LogP contribution in [0.5, 0.6) is 11.5 Å². The number of ether oxygens (including phenoxy) is 1. The van der Waals surface area contributed by atoms with Crippen LogP contribution in [0.2, 0.25) is 5.02 Å². The maximum absolute atomic E-state index is 6.18. The molecule has 2 aliphatic rings. The molecule has 0 amide bonds. The first-order valence-electron chi connectivity index (χ1n) is 8.87. The fourth-order valence-electron chi connectivity index (χ4n) is 3.44. The topological polar surface area (TPSA) is 28.1 Å². The molecule has 0 radical (unpaired) electrons. The monoisotopic (exact) mass is 355 g/mol. The molecule has 0 bridgehead atoms. The van der Waals surface area contributed by atoms with Crippen molar-refractivity contribution in [2.45, 2.75) is 13.3 Å². The van der Waals surface area contributed by atoms with Gasteiger partial charge in [0.25, 0.3) is 0 Å². The normalized spacial score (nSPS) is 17.2. The summed E-state index contributed by atoms with van der Waals surface area (Å²) in [5, 5.41) is 0.671. The van der Waals surface area contributed by atoms with Crippen LogP contribution in [0.15, 0.2) is 47.5 Å². The molecule has 0 unspecified atom stereocenters. The minimum atomic E-state index is 0.671. The summed E-state index contributed by atoms with van der Waals surface area (Å²) in [4.78, 5) is 9.83. The Morgan fingerprint density at radius 2 is 1.84 bits per heavy atom. The van der Waals surface area contributed by atoms with Crippen molar-refractivity contribution in [3.8, 4) is 11.5 Å². The first kappa shape index (κ1) is 16.4. The second kappa shape index (κ2) is 7.06. The molecule has 0 atom stereocenters. The van der Waals surface area contributed by atoms with Crippen molar-refractivity contribution in [1.82, 2.24) is 9.80 Å². The summed E-state index contributed by atoms with van der Waals surface area (Å²) in [6.45, 7) is 7.48. The van der Waals surface area contributed by atoms with E-state index in [2.05, 4.69) is 22.8 Å². The van der Waals surface area contributed by atoms with E-state index >= 15 is 0 Å². The van der Waals surface area contributed by atoms with Crippen LogP contribution in [-0.2, 0) is 0 Å². The van der Waals surface area contributed by atoms with Crippen LogP contribution in [-0.4, -0.2) is 48.4 Å². The Labute approximate surface area is 153 Å². The zero-order valence-electron chi connectivity index (χ0n) is 14.4. The van der Waals surface area contributed by atoms with Gasteiger partial charge in [-0.3, -0.25) is 4.90 Å². The van der Waals surface area contributed by atoms with E-state index in [1.807, 2.05) is 36.4 Å². The van der Waals surface area contributed by atoms with Gasteiger partial charge >= 0.3 is 0 Å². The van der Waals surface area contributed by atoms with Crippen LogP contribution >= 0.6 is 11.6 Å². The molecule has 2 heterocycles. The Bertz CT molecular complexity index is 797. The Balaban J connectivity index is 1.71. The zero-order valence-corrected chi connectivity index (χ0v) is 15.2. The highest BCUT2D eigenvalue weighted by molar-refractivity contribution is 6.31. The van der Waals surface area contributed by atoms with Crippen LogP contribution in [0.1, 0.15) is 18.9 Å². The highest BCUT2D eigenvalue weighted by Gasteiger charge is 2.25. The van der Waals surface area contributed by atoms with Gasteiger partial charge in [0, 0.05) is 31.2 Å². The lowest BCUT2D eigenvalue weighted by Gasteiger charge is -2.36. The highest BCUT2D eigenvalue weighted by Crippen LogP contribution is 2.39. The Morgan fingerprint density at radius 1 is 1.04 bits per heavy atom. The standard InChI is InChI=1S/C20H22ClN3O/c1-2-9-23-10-12-24(13-11-23)20-16-5-3-4-6-18(16)25-19-8-7-15(21)14-17(19)22-20/h3-8,14H,2,9-13H2,1H3. The van der Waals surface area contributed by atoms with Gasteiger partial charge in [0.15, 0.2) is 5.75 Å². The number of rotatable bonds is 2. The number of halogens is 1. The SMILES string of the molecule is CCCN1CCN(C2=Nc3cc(Cl)ccc3Oc3ccccc32)CC1. The zero-order chi connectivity index (χ0) is 17.2. The van der Waals surface area contributed by atoms with Gasteiger partial charge in [0.05, 0.1) is 5.56 Å². The van der Waals surface area contributed by atoms with Crippen LogP contribution in [0, 0.1) is 0 Å². The molecular weight excluding hydrogens is 334 g/mol. The summed E-state index contributed by atoms with van der Waals surface area (Å²) in [6, 6.07) is 13.7. The van der Waals surface area contributed by atoms with E-state index in [4.69, 9.17) is 21.3 Å². The van der Waals surface area contributed by atoms with Crippen LogP contribution in [0.4, 0.5) is 5.69 Å². The third-order valence-electron chi connectivity index (χ3n) is 4.71. The number of amidine groups is 1. The maximum atomic E-state index is 6.18. The van der Waals surface area contributed by atoms with E-state index in [1.54, 1.807) is 0 Å². The average Bonchev–Trinajstić information content (AvgIpc) is 2.79. The Hall–Kier alpha value is -2.04. The van der Waals surface area contributed by atoms with Gasteiger partial charge in [-0.2, -0.15) is 0 Å². The fourth-order valence-corrected chi connectivity index (χ4v) is 3.60. The number of benzene rings is 2. The molecule has 2 aromatic carbocycles. The molecule has 1 fully saturated rings. The molecule has 5 heteroatoms. The second-order valence-corrected chi connectivity index (χ2v) is 6.91. The predicted molar refractivity (Wildman–Crippen MR) is 102 cm³/mol. The lowest BCUT2D eigenvalue weighted by Crippen LogP contribution is -2.49. The quantitative estimate of drug-likeness (QED) is 0.791. The van der Waals surface area contributed by atoms with Crippen molar-refractivity contribution >= 4 is 23.1 Å². The molecule has 0 spiro atoms. The van der Waals surface area contributed by atoms with E-state index in [-0.39, 0.29) is 0 Å². The molecule has 2 aliphatic heterocycles. The number of hydrogen-bond donors (Lipinski definition) is 0. The third kappa shape index (κ3) is 3.37. The molecule has 0 N–H and O–H groups in total. The van der Waals surface area contributed by atoms with Crippen molar-refractivity contribution in [1.29, 1.82) is 0 Å². The van der Waals surface area contributed by atoms with E-state index in [9.17, 15) is 0 Å². The first-order valence-corrected chi connectivity index (χ1v) is 9.25. The van der Waals surface area contributed by atoms with E-state index in [0.717, 1.165) is 54.8 Å². The van der Waals surface area contributed by atoms with Gasteiger partial charge in [0.1, 0.15) is 17.3 Å². The van der Waals surface area contributed by atoms with Crippen LogP contribution < -0.4 is 4.74 Å². The van der Waals surface area contributed by atoms with Crippen molar-refractivity contribution < 1.29 is 4.74 Å². The number of para-hydroxylation sites is 1. The minimum Gasteiger partial charge on any atom is -0.454 e. The van der Waals surface area contributed by atoms with Crippen LogP contribution in [0.3, 0.4) is 0 Å². The van der Waals surface area contributed by atoms with Crippen LogP contribution in [0.25, 0.3) is 0 Å². The predicted octanol–water partition coefficient (Wildman–Crippen LogP) is 4.55. The fraction of sp³-hybridized carbons (Fsp3) is 0.350. The van der Waals surface area contributed by atoms with Gasteiger partial charge in [-0.25, -0.2) is 4.99 Å². The average molecular weight is 356 g/mol. The van der Waals surface area contributed by atoms with Crippen molar-refractivity contribution in [2.75, 3.05) is 32.7 Å². The lowest BCUT2D eigenvalue weighted by atomic mass is 10.1. The molecule has 0 aromatic heterocycles. The lowest BCUT2D eigenvalue weighted by molar-refractivity contribution is 0.183. The summed E-state index contributed by atoms with van der Waals surface area (Å²) in [7, 11) is 0.